The average Bonchev–Trinajstić information content (AvgIpc) is 3.08. The molecule has 0 spiro atoms. The van der Waals surface area contributed by atoms with E-state index in [0.29, 0.717) is 12.2 Å². The van der Waals surface area contributed by atoms with Crippen LogP contribution in [0, 0.1) is 5.82 Å². The van der Waals surface area contributed by atoms with Crippen molar-refractivity contribution in [2.24, 2.45) is 0 Å². The smallest absolute Gasteiger partial charge is 0.261 e. The number of benzene rings is 2. The molecule has 0 aliphatic rings. The van der Waals surface area contributed by atoms with E-state index in [2.05, 4.69) is 16.7 Å². The van der Waals surface area contributed by atoms with Crippen molar-refractivity contribution < 1.29 is 12.8 Å². The van der Waals surface area contributed by atoms with Crippen LogP contribution in [0.3, 0.4) is 0 Å². The molecule has 0 aliphatic heterocycles. The van der Waals surface area contributed by atoms with Crippen molar-refractivity contribution in [3.8, 4) is 0 Å². The normalized spacial score (nSPS) is 11.5. The first kappa shape index (κ1) is 19.1. The lowest BCUT2D eigenvalue weighted by Gasteiger charge is -2.07. The number of rotatable bonds is 8. The molecule has 1 N–H and O–H groups in total. The van der Waals surface area contributed by atoms with Gasteiger partial charge < -0.3 is 0 Å². The van der Waals surface area contributed by atoms with Gasteiger partial charge in [0.25, 0.3) is 10.0 Å². The third-order valence-corrected chi connectivity index (χ3v) is 5.59. The van der Waals surface area contributed by atoms with Gasteiger partial charge in [0.1, 0.15) is 5.82 Å². The van der Waals surface area contributed by atoms with Crippen molar-refractivity contribution in [3.63, 3.8) is 0 Å². The highest BCUT2D eigenvalue weighted by molar-refractivity contribution is 7.92. The predicted molar refractivity (Wildman–Crippen MR) is 104 cm³/mol. The molecular weight excluding hydrogens is 365 g/mol. The zero-order valence-electron chi connectivity index (χ0n) is 15.1. The molecule has 0 saturated heterocycles. The minimum absolute atomic E-state index is 0.217. The van der Waals surface area contributed by atoms with Crippen LogP contribution >= 0.6 is 0 Å². The fraction of sp³-hybridized carbons (Fsp3) is 0.250. The minimum Gasteiger partial charge on any atom is -0.276 e. The molecule has 3 aromatic rings. The van der Waals surface area contributed by atoms with Crippen molar-refractivity contribution in [2.45, 2.75) is 37.6 Å². The summed E-state index contributed by atoms with van der Waals surface area (Å²) >= 11 is 0. The fourth-order valence-corrected chi connectivity index (χ4v) is 3.74. The molecule has 0 bridgehead atoms. The fourth-order valence-electron chi connectivity index (χ4n) is 2.71. The zero-order chi connectivity index (χ0) is 19.3. The number of sulfonamides is 1. The number of nitrogens with zero attached hydrogens (tertiary/aromatic N) is 2. The van der Waals surface area contributed by atoms with Gasteiger partial charge in [0.2, 0.25) is 0 Å². The second kappa shape index (κ2) is 8.35. The molecule has 3 rings (SSSR count). The predicted octanol–water partition coefficient (Wildman–Crippen LogP) is 4.21. The van der Waals surface area contributed by atoms with E-state index in [1.54, 1.807) is 35.1 Å². The highest BCUT2D eigenvalue weighted by atomic mass is 32.2. The number of anilines is 1. The van der Waals surface area contributed by atoms with Gasteiger partial charge in [0.05, 0.1) is 23.3 Å². The summed E-state index contributed by atoms with van der Waals surface area (Å²) in [6.07, 6.45) is 6.19. The van der Waals surface area contributed by atoms with Gasteiger partial charge in [-0.25, -0.2) is 12.8 Å². The average molecular weight is 387 g/mol. The molecule has 0 saturated carbocycles. The van der Waals surface area contributed by atoms with Crippen molar-refractivity contribution in [1.82, 2.24) is 9.78 Å². The van der Waals surface area contributed by atoms with Crippen LogP contribution in [0.1, 0.15) is 30.9 Å². The van der Waals surface area contributed by atoms with Crippen LogP contribution in [0.25, 0.3) is 0 Å². The Morgan fingerprint density at radius 2 is 1.70 bits per heavy atom. The summed E-state index contributed by atoms with van der Waals surface area (Å²) in [5.41, 5.74) is 2.38. The molecule has 0 amide bonds. The van der Waals surface area contributed by atoms with Gasteiger partial charge in [-0.05, 0) is 48.2 Å². The first-order valence-corrected chi connectivity index (χ1v) is 10.3. The van der Waals surface area contributed by atoms with E-state index in [0.717, 1.165) is 30.4 Å². The Balaban J connectivity index is 1.67. The van der Waals surface area contributed by atoms with Gasteiger partial charge in [0.15, 0.2) is 0 Å². The second-order valence-electron chi connectivity index (χ2n) is 6.41. The highest BCUT2D eigenvalue weighted by Gasteiger charge is 2.15. The topological polar surface area (TPSA) is 64.0 Å². The van der Waals surface area contributed by atoms with E-state index in [1.807, 2.05) is 12.1 Å². The van der Waals surface area contributed by atoms with E-state index in [-0.39, 0.29) is 10.7 Å². The maximum absolute atomic E-state index is 13.0. The number of hydrogen-bond acceptors (Lipinski definition) is 3. The SMILES string of the molecule is CCCCc1ccc(S(=O)(=O)Nc2cnn(Cc3ccc(F)cc3)c2)cc1. The number of nitrogens with one attached hydrogen (secondary N) is 1. The van der Waals surface area contributed by atoms with E-state index < -0.39 is 10.0 Å². The van der Waals surface area contributed by atoms with Crippen LogP contribution in [0.2, 0.25) is 0 Å². The van der Waals surface area contributed by atoms with Gasteiger partial charge in [0, 0.05) is 6.20 Å². The van der Waals surface area contributed by atoms with Crippen molar-refractivity contribution in [1.29, 1.82) is 0 Å². The van der Waals surface area contributed by atoms with E-state index in [4.69, 9.17) is 0 Å². The largest absolute Gasteiger partial charge is 0.276 e. The van der Waals surface area contributed by atoms with Crippen LogP contribution in [-0.2, 0) is 23.0 Å². The van der Waals surface area contributed by atoms with Crippen LogP contribution in [0.15, 0.2) is 65.8 Å². The molecule has 7 heteroatoms. The summed E-state index contributed by atoms with van der Waals surface area (Å²) in [6, 6.07) is 13.0. The summed E-state index contributed by atoms with van der Waals surface area (Å²) in [6.45, 7) is 2.55. The van der Waals surface area contributed by atoms with Crippen molar-refractivity contribution in [2.75, 3.05) is 4.72 Å². The van der Waals surface area contributed by atoms with Gasteiger partial charge >= 0.3 is 0 Å². The second-order valence-corrected chi connectivity index (χ2v) is 8.09. The highest BCUT2D eigenvalue weighted by Crippen LogP contribution is 2.17. The number of aryl methyl sites for hydroxylation is 1. The number of unbranched alkanes of at least 4 members (excludes halogenated alkanes) is 1. The quantitative estimate of drug-likeness (QED) is 0.630. The summed E-state index contributed by atoms with van der Waals surface area (Å²) < 4.78 is 42.2. The Morgan fingerprint density at radius 1 is 1.04 bits per heavy atom. The molecule has 1 heterocycles. The molecule has 0 radical (unpaired) electrons. The van der Waals surface area contributed by atoms with Gasteiger partial charge in [-0.2, -0.15) is 5.10 Å². The van der Waals surface area contributed by atoms with Crippen LogP contribution in [0.4, 0.5) is 10.1 Å². The van der Waals surface area contributed by atoms with Crippen molar-refractivity contribution >= 4 is 15.7 Å². The Kier molecular flexibility index (Phi) is 5.91. The summed E-state index contributed by atoms with van der Waals surface area (Å²) in [5.74, 6) is -0.298. The summed E-state index contributed by atoms with van der Waals surface area (Å²) in [7, 11) is -3.67. The number of halogens is 1. The molecule has 0 fully saturated rings. The van der Waals surface area contributed by atoms with Gasteiger partial charge in [-0.1, -0.05) is 37.6 Å². The Hall–Kier alpha value is -2.67. The van der Waals surface area contributed by atoms with Crippen LogP contribution in [-0.4, -0.2) is 18.2 Å². The Bertz CT molecular complexity index is 981. The monoisotopic (exact) mass is 387 g/mol. The number of hydrogen-bond donors (Lipinski definition) is 1. The first-order valence-electron chi connectivity index (χ1n) is 8.85. The maximum atomic E-state index is 13.0. The molecule has 27 heavy (non-hydrogen) atoms. The molecule has 0 atom stereocenters. The molecule has 5 nitrogen and oxygen atoms in total. The Morgan fingerprint density at radius 3 is 2.37 bits per heavy atom. The lowest BCUT2D eigenvalue weighted by molar-refractivity contribution is 0.601. The third-order valence-electron chi connectivity index (χ3n) is 4.20. The van der Waals surface area contributed by atoms with E-state index in [1.165, 1.54) is 18.3 Å². The van der Waals surface area contributed by atoms with Gasteiger partial charge in [-0.15, -0.1) is 0 Å². The molecule has 142 valence electrons. The molecule has 1 aromatic heterocycles. The molecule has 0 unspecified atom stereocenters. The first-order chi connectivity index (χ1) is 13.0. The van der Waals surface area contributed by atoms with Crippen LogP contribution < -0.4 is 4.72 Å². The summed E-state index contributed by atoms with van der Waals surface area (Å²) in [5, 5.41) is 4.16. The lowest BCUT2D eigenvalue weighted by atomic mass is 10.1. The van der Waals surface area contributed by atoms with E-state index in [9.17, 15) is 12.8 Å². The molecule has 0 aliphatic carbocycles. The van der Waals surface area contributed by atoms with Crippen molar-refractivity contribution in [3.05, 3.63) is 77.9 Å². The van der Waals surface area contributed by atoms with Gasteiger partial charge in [-0.3, -0.25) is 9.40 Å². The standard InChI is InChI=1S/C20H22FN3O2S/c1-2-3-4-16-7-11-20(12-8-16)27(25,26)23-19-13-22-24(15-19)14-17-5-9-18(21)10-6-17/h5-13,15,23H,2-4,14H2,1H3. The molecule has 2 aromatic carbocycles. The van der Waals surface area contributed by atoms with E-state index >= 15 is 0 Å². The number of aromatic nitrogens is 2. The molecular formula is C20H22FN3O2S. The maximum Gasteiger partial charge on any atom is 0.261 e. The lowest BCUT2D eigenvalue weighted by Crippen LogP contribution is -2.12. The zero-order valence-corrected chi connectivity index (χ0v) is 15.9. The third kappa shape index (κ3) is 5.17. The summed E-state index contributed by atoms with van der Waals surface area (Å²) in [4.78, 5) is 0.217. The van der Waals surface area contributed by atoms with Crippen LogP contribution in [0.5, 0.6) is 0 Å². The Labute approximate surface area is 158 Å². The minimum atomic E-state index is -3.67.